The van der Waals surface area contributed by atoms with E-state index in [4.69, 9.17) is 21.8 Å². The van der Waals surface area contributed by atoms with Gasteiger partial charge in [-0.2, -0.15) is 13.2 Å². The maximum atomic E-state index is 12.5. The van der Waals surface area contributed by atoms with Crippen LogP contribution in [-0.2, 0) is 11.0 Å². The summed E-state index contributed by atoms with van der Waals surface area (Å²) < 4.78 is 37.6. The molecule has 21 heavy (non-hydrogen) atoms. The van der Waals surface area contributed by atoms with Crippen molar-refractivity contribution in [3.8, 4) is 0 Å². The van der Waals surface area contributed by atoms with Crippen molar-refractivity contribution in [3.63, 3.8) is 0 Å². The number of halogens is 4. The standard InChI is InChI=1S/C11H10ClF3N2O4/c12-6-1-5(11(13,14)15)2-7(3-6)17-10(21)16-4-8(18)9(19)20/h1-3,8,18H,4H2,(H,19,20)(H2,16,17,21). The van der Waals surface area contributed by atoms with E-state index in [1.165, 1.54) is 0 Å². The Kier molecular flexibility index (Phi) is 5.39. The number of amides is 2. The molecular weight excluding hydrogens is 317 g/mol. The molecule has 0 aromatic heterocycles. The zero-order valence-corrected chi connectivity index (χ0v) is 11.0. The molecule has 10 heteroatoms. The number of rotatable bonds is 4. The number of aliphatic hydroxyl groups excluding tert-OH is 1. The van der Waals surface area contributed by atoms with E-state index in [0.717, 1.165) is 6.07 Å². The molecule has 0 bridgehead atoms. The molecule has 1 unspecified atom stereocenters. The van der Waals surface area contributed by atoms with E-state index in [2.05, 4.69) is 5.32 Å². The SMILES string of the molecule is O=C(NCC(O)C(=O)O)Nc1cc(Cl)cc(C(F)(F)F)c1. The van der Waals surface area contributed by atoms with E-state index < -0.39 is 36.4 Å². The summed E-state index contributed by atoms with van der Waals surface area (Å²) in [5.74, 6) is -1.54. The third-order valence-corrected chi connectivity index (χ3v) is 2.44. The highest BCUT2D eigenvalue weighted by atomic mass is 35.5. The third kappa shape index (κ3) is 5.48. The molecule has 0 saturated heterocycles. The Balaban J connectivity index is 2.72. The summed E-state index contributed by atoms with van der Waals surface area (Å²) in [5, 5.41) is 21.1. The molecule has 1 atom stereocenters. The van der Waals surface area contributed by atoms with Crippen LogP contribution in [-0.4, -0.2) is 34.9 Å². The topological polar surface area (TPSA) is 98.7 Å². The Hall–Kier alpha value is -2.00. The summed E-state index contributed by atoms with van der Waals surface area (Å²) in [6, 6.07) is 1.47. The van der Waals surface area contributed by atoms with Crippen LogP contribution in [0.1, 0.15) is 5.56 Å². The molecule has 2 amide bonds. The molecule has 0 aliphatic rings. The first-order valence-corrected chi connectivity index (χ1v) is 5.81. The number of alkyl halides is 3. The second-order valence-electron chi connectivity index (χ2n) is 3.92. The lowest BCUT2D eigenvalue weighted by molar-refractivity contribution is -0.146. The Bertz CT molecular complexity index is 551. The number of carbonyl (C=O) groups excluding carboxylic acids is 1. The molecule has 0 spiro atoms. The third-order valence-electron chi connectivity index (χ3n) is 2.22. The van der Waals surface area contributed by atoms with Crippen molar-refractivity contribution in [1.29, 1.82) is 0 Å². The average molecular weight is 327 g/mol. The van der Waals surface area contributed by atoms with Gasteiger partial charge in [0.1, 0.15) is 0 Å². The van der Waals surface area contributed by atoms with Crippen molar-refractivity contribution in [1.82, 2.24) is 5.32 Å². The molecule has 0 aliphatic carbocycles. The number of aliphatic carboxylic acids is 1. The maximum absolute atomic E-state index is 12.5. The molecule has 0 saturated carbocycles. The number of carboxylic acid groups (broad SMARTS) is 1. The normalized spacial score (nSPS) is 12.6. The molecule has 1 aromatic carbocycles. The first-order valence-electron chi connectivity index (χ1n) is 5.43. The van der Waals surface area contributed by atoms with E-state index in [0.29, 0.717) is 12.1 Å². The molecule has 0 heterocycles. The van der Waals surface area contributed by atoms with E-state index in [1.54, 1.807) is 0 Å². The Morgan fingerprint density at radius 1 is 1.29 bits per heavy atom. The van der Waals surface area contributed by atoms with Crippen molar-refractivity contribution in [2.24, 2.45) is 0 Å². The Morgan fingerprint density at radius 3 is 2.43 bits per heavy atom. The number of hydrogen-bond acceptors (Lipinski definition) is 3. The lowest BCUT2D eigenvalue weighted by Gasteiger charge is -2.12. The molecule has 0 radical (unpaired) electrons. The highest BCUT2D eigenvalue weighted by molar-refractivity contribution is 6.31. The van der Waals surface area contributed by atoms with E-state index in [9.17, 15) is 22.8 Å². The average Bonchev–Trinajstić information content (AvgIpc) is 2.33. The predicted octanol–water partition coefficient (Wildman–Crippen LogP) is 1.93. The first kappa shape index (κ1) is 17.1. The summed E-state index contributed by atoms with van der Waals surface area (Å²) >= 11 is 5.52. The van der Waals surface area contributed by atoms with Crippen molar-refractivity contribution in [2.45, 2.75) is 12.3 Å². The monoisotopic (exact) mass is 326 g/mol. The van der Waals surface area contributed by atoms with E-state index in [1.807, 2.05) is 5.32 Å². The van der Waals surface area contributed by atoms with Gasteiger partial charge >= 0.3 is 18.2 Å². The van der Waals surface area contributed by atoms with Gasteiger partial charge in [0.05, 0.1) is 12.1 Å². The summed E-state index contributed by atoms with van der Waals surface area (Å²) in [5.41, 5.74) is -1.27. The molecule has 6 nitrogen and oxygen atoms in total. The second-order valence-corrected chi connectivity index (χ2v) is 4.35. The predicted molar refractivity (Wildman–Crippen MR) is 67.1 cm³/mol. The fourth-order valence-corrected chi connectivity index (χ4v) is 1.51. The molecule has 116 valence electrons. The number of carboxylic acids is 1. The van der Waals surface area contributed by atoms with Crippen LogP contribution >= 0.6 is 11.6 Å². The minimum atomic E-state index is -4.63. The summed E-state index contributed by atoms with van der Waals surface area (Å²) in [7, 11) is 0. The molecule has 0 fully saturated rings. The van der Waals surface area contributed by atoms with Crippen molar-refractivity contribution in [3.05, 3.63) is 28.8 Å². The first-order chi connectivity index (χ1) is 9.59. The summed E-state index contributed by atoms with van der Waals surface area (Å²) in [6.07, 6.45) is -6.45. The van der Waals surface area contributed by atoms with Gasteiger partial charge < -0.3 is 20.8 Å². The Labute approximate surface area is 121 Å². The number of aliphatic hydroxyl groups is 1. The quantitative estimate of drug-likeness (QED) is 0.679. The Morgan fingerprint density at radius 2 is 1.90 bits per heavy atom. The number of carbonyl (C=O) groups is 2. The highest BCUT2D eigenvalue weighted by Gasteiger charge is 2.31. The van der Waals surface area contributed by atoms with Gasteiger partial charge in [-0.1, -0.05) is 11.6 Å². The smallest absolute Gasteiger partial charge is 0.416 e. The van der Waals surface area contributed by atoms with Crippen LogP contribution in [0.25, 0.3) is 0 Å². The van der Waals surface area contributed by atoms with Gasteiger partial charge in [0.25, 0.3) is 0 Å². The van der Waals surface area contributed by atoms with Crippen LogP contribution in [0.2, 0.25) is 5.02 Å². The van der Waals surface area contributed by atoms with Gasteiger partial charge in [-0.05, 0) is 18.2 Å². The molecule has 1 rings (SSSR count). The fourth-order valence-electron chi connectivity index (χ4n) is 1.28. The van der Waals surface area contributed by atoms with Crippen LogP contribution < -0.4 is 10.6 Å². The number of nitrogens with one attached hydrogen (secondary N) is 2. The molecule has 1 aromatic rings. The number of hydrogen-bond donors (Lipinski definition) is 4. The number of urea groups is 1. The van der Waals surface area contributed by atoms with Crippen LogP contribution in [0.4, 0.5) is 23.7 Å². The van der Waals surface area contributed by atoms with Gasteiger partial charge in [0, 0.05) is 10.7 Å². The van der Waals surface area contributed by atoms with Crippen LogP contribution in [0, 0.1) is 0 Å². The van der Waals surface area contributed by atoms with Crippen molar-refractivity contribution in [2.75, 3.05) is 11.9 Å². The molecular formula is C11H10ClF3N2O4. The van der Waals surface area contributed by atoms with E-state index >= 15 is 0 Å². The minimum Gasteiger partial charge on any atom is -0.479 e. The number of benzene rings is 1. The van der Waals surface area contributed by atoms with Crippen molar-refractivity contribution < 1.29 is 33.0 Å². The van der Waals surface area contributed by atoms with Crippen LogP contribution in [0.15, 0.2) is 18.2 Å². The maximum Gasteiger partial charge on any atom is 0.416 e. The summed E-state index contributed by atoms with van der Waals surface area (Å²) in [4.78, 5) is 21.7. The molecule has 0 aliphatic heterocycles. The van der Waals surface area contributed by atoms with Crippen molar-refractivity contribution >= 4 is 29.3 Å². The van der Waals surface area contributed by atoms with Gasteiger partial charge in [0.15, 0.2) is 6.10 Å². The lowest BCUT2D eigenvalue weighted by Crippen LogP contribution is -2.38. The zero-order chi connectivity index (χ0) is 16.2. The highest BCUT2D eigenvalue weighted by Crippen LogP contribution is 2.33. The summed E-state index contributed by atoms with van der Waals surface area (Å²) in [6.45, 7) is -0.603. The minimum absolute atomic E-state index is 0.225. The number of anilines is 1. The fraction of sp³-hybridized carbons (Fsp3) is 0.273. The largest absolute Gasteiger partial charge is 0.479 e. The van der Waals surface area contributed by atoms with E-state index in [-0.39, 0.29) is 10.7 Å². The van der Waals surface area contributed by atoms with Crippen LogP contribution in [0.3, 0.4) is 0 Å². The van der Waals surface area contributed by atoms with Crippen LogP contribution in [0.5, 0.6) is 0 Å². The van der Waals surface area contributed by atoms with Gasteiger partial charge in [0.2, 0.25) is 0 Å². The van der Waals surface area contributed by atoms with Gasteiger partial charge in [-0.15, -0.1) is 0 Å². The zero-order valence-electron chi connectivity index (χ0n) is 10.2. The van der Waals surface area contributed by atoms with Gasteiger partial charge in [-0.25, -0.2) is 9.59 Å². The lowest BCUT2D eigenvalue weighted by atomic mass is 10.2. The second kappa shape index (κ2) is 6.64. The molecule has 4 N–H and O–H groups in total. The van der Waals surface area contributed by atoms with Gasteiger partial charge in [-0.3, -0.25) is 0 Å².